The molecule has 1 heterocycles. The molecule has 1 aliphatic heterocycles. The summed E-state index contributed by atoms with van der Waals surface area (Å²) in [6.07, 6.45) is 0.759. The number of nitrogens with zero attached hydrogens (tertiary/aromatic N) is 1. The van der Waals surface area contributed by atoms with Gasteiger partial charge >= 0.3 is 0 Å². The number of amides is 1. The molecule has 1 aromatic carbocycles. The van der Waals surface area contributed by atoms with Crippen molar-refractivity contribution in [1.29, 1.82) is 0 Å². The molecule has 0 aromatic heterocycles. The van der Waals surface area contributed by atoms with Crippen LogP contribution in [-0.2, 0) is 4.79 Å². The van der Waals surface area contributed by atoms with E-state index < -0.39 is 5.54 Å². The summed E-state index contributed by atoms with van der Waals surface area (Å²) in [4.78, 5) is 14.2. The summed E-state index contributed by atoms with van der Waals surface area (Å²) in [6.45, 7) is 7.90. The number of hydrogen-bond donors (Lipinski definition) is 2. The fraction of sp³-hybridized carbons (Fsp3) is 0.533. The fourth-order valence-corrected chi connectivity index (χ4v) is 2.62. The largest absolute Gasteiger partial charge is 0.370 e. The third-order valence-corrected chi connectivity index (χ3v) is 4.02. The molecule has 0 aliphatic carbocycles. The number of carbonyl (C=O) groups excluding carboxylic acids is 1. The highest BCUT2D eigenvalue weighted by Gasteiger charge is 2.44. The normalized spacial score (nSPS) is 23.8. The maximum Gasteiger partial charge on any atom is 0.244 e. The summed E-state index contributed by atoms with van der Waals surface area (Å²) < 4.78 is 0. The van der Waals surface area contributed by atoms with Gasteiger partial charge in [0.2, 0.25) is 5.91 Å². The van der Waals surface area contributed by atoms with Crippen LogP contribution in [0.1, 0.15) is 25.8 Å². The van der Waals surface area contributed by atoms with Gasteiger partial charge in [-0.25, -0.2) is 0 Å². The van der Waals surface area contributed by atoms with Crippen LogP contribution in [0.2, 0.25) is 0 Å². The van der Waals surface area contributed by atoms with Gasteiger partial charge in [-0.05, 0) is 38.8 Å². The Kier molecular flexibility index (Phi) is 3.80. The average molecular weight is 261 g/mol. The second kappa shape index (κ2) is 5.21. The molecule has 4 nitrogen and oxygen atoms in total. The number of carbonyl (C=O) groups is 1. The predicted molar refractivity (Wildman–Crippen MR) is 78.1 cm³/mol. The third kappa shape index (κ3) is 2.73. The number of benzene rings is 1. The lowest BCUT2D eigenvalue weighted by Gasteiger charge is -2.30. The van der Waals surface area contributed by atoms with Gasteiger partial charge in [-0.2, -0.15) is 0 Å². The highest BCUT2D eigenvalue weighted by Crippen LogP contribution is 2.28. The molecule has 1 unspecified atom stereocenters. The summed E-state index contributed by atoms with van der Waals surface area (Å²) >= 11 is 0. The van der Waals surface area contributed by atoms with Gasteiger partial charge in [0.1, 0.15) is 5.54 Å². The van der Waals surface area contributed by atoms with Crippen LogP contribution in [0.25, 0.3) is 0 Å². The van der Waals surface area contributed by atoms with E-state index >= 15 is 0 Å². The molecule has 1 saturated heterocycles. The molecule has 0 saturated carbocycles. The highest BCUT2D eigenvalue weighted by atomic mass is 16.1. The van der Waals surface area contributed by atoms with Crippen molar-refractivity contribution < 1.29 is 4.79 Å². The van der Waals surface area contributed by atoms with E-state index in [0.29, 0.717) is 12.6 Å². The van der Waals surface area contributed by atoms with Crippen molar-refractivity contribution in [1.82, 2.24) is 4.90 Å². The molecular formula is C15H23N3O. The molecule has 1 fully saturated rings. The minimum Gasteiger partial charge on any atom is -0.370 e. The summed E-state index contributed by atoms with van der Waals surface area (Å²) in [7, 11) is 0. The van der Waals surface area contributed by atoms with Crippen molar-refractivity contribution in [2.75, 3.05) is 18.4 Å². The van der Waals surface area contributed by atoms with Gasteiger partial charge in [-0.15, -0.1) is 0 Å². The Morgan fingerprint density at radius 3 is 2.63 bits per heavy atom. The van der Waals surface area contributed by atoms with Gasteiger partial charge in [0.25, 0.3) is 0 Å². The van der Waals surface area contributed by atoms with Crippen LogP contribution in [0.4, 0.5) is 5.69 Å². The van der Waals surface area contributed by atoms with Gasteiger partial charge in [0.15, 0.2) is 0 Å². The van der Waals surface area contributed by atoms with E-state index in [1.165, 1.54) is 0 Å². The molecule has 1 amide bonds. The summed E-state index contributed by atoms with van der Waals surface area (Å²) in [5.41, 5.74) is 7.15. The first-order chi connectivity index (χ1) is 8.94. The first-order valence-corrected chi connectivity index (χ1v) is 6.82. The van der Waals surface area contributed by atoms with Crippen LogP contribution in [0.15, 0.2) is 24.3 Å². The van der Waals surface area contributed by atoms with Gasteiger partial charge in [-0.3, -0.25) is 9.69 Å². The average Bonchev–Trinajstić information content (AvgIpc) is 2.78. The number of hydrogen-bond acceptors (Lipinski definition) is 3. The fourth-order valence-electron chi connectivity index (χ4n) is 2.62. The van der Waals surface area contributed by atoms with Crippen LogP contribution in [0, 0.1) is 6.92 Å². The van der Waals surface area contributed by atoms with Crippen molar-refractivity contribution in [2.45, 2.75) is 38.8 Å². The van der Waals surface area contributed by atoms with Crippen molar-refractivity contribution in [3.63, 3.8) is 0 Å². The van der Waals surface area contributed by atoms with Crippen LogP contribution in [0.5, 0.6) is 0 Å². The second-order valence-corrected chi connectivity index (χ2v) is 5.70. The van der Waals surface area contributed by atoms with E-state index in [-0.39, 0.29) is 5.91 Å². The molecule has 0 bridgehead atoms. The number of para-hydroxylation sites is 1. The zero-order valence-corrected chi connectivity index (χ0v) is 11.9. The van der Waals surface area contributed by atoms with Gasteiger partial charge in [0.05, 0.1) is 0 Å². The van der Waals surface area contributed by atoms with Crippen molar-refractivity contribution >= 4 is 11.6 Å². The maximum absolute atomic E-state index is 11.9. The van der Waals surface area contributed by atoms with Crippen LogP contribution in [-0.4, -0.2) is 35.5 Å². The SMILES string of the molecule is Cc1ccccc1NC1(C(N)=O)CCN(C(C)C)C1. The third-order valence-electron chi connectivity index (χ3n) is 4.02. The highest BCUT2D eigenvalue weighted by molar-refractivity contribution is 5.89. The lowest BCUT2D eigenvalue weighted by molar-refractivity contribution is -0.122. The van der Waals surface area contributed by atoms with Crippen molar-refractivity contribution in [2.24, 2.45) is 5.73 Å². The van der Waals surface area contributed by atoms with E-state index in [9.17, 15) is 4.79 Å². The molecule has 104 valence electrons. The van der Waals surface area contributed by atoms with E-state index in [1.54, 1.807) is 0 Å². The van der Waals surface area contributed by atoms with Crippen molar-refractivity contribution in [3.05, 3.63) is 29.8 Å². The molecule has 1 aromatic rings. The van der Waals surface area contributed by atoms with Gasteiger partial charge in [0, 0.05) is 24.8 Å². The molecule has 4 heteroatoms. The van der Waals surface area contributed by atoms with Gasteiger partial charge < -0.3 is 11.1 Å². The molecular weight excluding hydrogens is 238 g/mol. The smallest absolute Gasteiger partial charge is 0.244 e. The Bertz CT molecular complexity index is 472. The summed E-state index contributed by atoms with van der Waals surface area (Å²) in [6, 6.07) is 8.43. The zero-order valence-electron chi connectivity index (χ0n) is 11.9. The number of anilines is 1. The van der Waals surface area contributed by atoms with E-state index in [0.717, 1.165) is 24.2 Å². The van der Waals surface area contributed by atoms with Crippen LogP contribution >= 0.6 is 0 Å². The first-order valence-electron chi connectivity index (χ1n) is 6.82. The Morgan fingerprint density at radius 2 is 2.11 bits per heavy atom. The number of nitrogens with two attached hydrogens (primary N) is 1. The molecule has 2 rings (SSSR count). The quantitative estimate of drug-likeness (QED) is 0.868. The second-order valence-electron chi connectivity index (χ2n) is 5.70. The van der Waals surface area contributed by atoms with E-state index in [1.807, 2.05) is 31.2 Å². The number of aryl methyl sites for hydroxylation is 1. The van der Waals surface area contributed by atoms with E-state index in [4.69, 9.17) is 5.73 Å². The molecule has 3 N–H and O–H groups in total. The lowest BCUT2D eigenvalue weighted by Crippen LogP contribution is -2.53. The maximum atomic E-state index is 11.9. The van der Waals surface area contributed by atoms with Crippen LogP contribution < -0.4 is 11.1 Å². The molecule has 1 aliphatic rings. The Labute approximate surface area is 115 Å². The Morgan fingerprint density at radius 1 is 1.42 bits per heavy atom. The summed E-state index contributed by atoms with van der Waals surface area (Å²) in [5.74, 6) is -0.265. The van der Waals surface area contributed by atoms with E-state index in [2.05, 4.69) is 24.1 Å². The molecule has 1 atom stereocenters. The molecule has 0 radical (unpaired) electrons. The first kappa shape index (κ1) is 13.9. The number of likely N-dealkylation sites (tertiary alicyclic amines) is 1. The van der Waals surface area contributed by atoms with Gasteiger partial charge in [-0.1, -0.05) is 18.2 Å². The number of primary amides is 1. The monoisotopic (exact) mass is 261 g/mol. The predicted octanol–water partition coefficient (Wildman–Crippen LogP) is 1.75. The Balaban J connectivity index is 2.23. The zero-order chi connectivity index (χ0) is 14.0. The standard InChI is InChI=1S/C15H23N3O/c1-11(2)18-9-8-15(10-18,14(16)19)17-13-7-5-4-6-12(13)3/h4-7,11,17H,8-10H2,1-3H3,(H2,16,19). The minimum atomic E-state index is -0.642. The topological polar surface area (TPSA) is 58.4 Å². The number of rotatable bonds is 4. The lowest BCUT2D eigenvalue weighted by atomic mass is 9.96. The molecule has 19 heavy (non-hydrogen) atoms. The number of nitrogens with one attached hydrogen (secondary N) is 1. The van der Waals surface area contributed by atoms with Crippen molar-refractivity contribution in [3.8, 4) is 0 Å². The van der Waals surface area contributed by atoms with Crippen LogP contribution in [0.3, 0.4) is 0 Å². The molecule has 0 spiro atoms. The summed E-state index contributed by atoms with van der Waals surface area (Å²) in [5, 5.41) is 3.39. The minimum absolute atomic E-state index is 0.265. The Hall–Kier alpha value is -1.55.